The number of ether oxygens (including phenoxy) is 1. The molecule has 3 rings (SSSR count). The third-order valence-electron chi connectivity index (χ3n) is 3.34. The van der Waals surface area contributed by atoms with Crippen LogP contribution in [0.4, 0.5) is 5.69 Å². The van der Waals surface area contributed by atoms with Crippen molar-refractivity contribution < 1.29 is 13.9 Å². The Hall–Kier alpha value is -2.27. The number of halogens is 1. The highest BCUT2D eigenvalue weighted by Gasteiger charge is 2.15. The van der Waals surface area contributed by atoms with Crippen LogP contribution < -0.4 is 10.1 Å². The number of methoxy groups -OCH3 is 1. The molecule has 0 aliphatic carbocycles. The first-order chi connectivity index (χ1) is 10.6. The topological polar surface area (TPSA) is 51.5 Å². The molecule has 2 aromatic carbocycles. The van der Waals surface area contributed by atoms with Crippen molar-refractivity contribution in [3.8, 4) is 5.75 Å². The minimum Gasteiger partial charge on any atom is -0.495 e. The number of carbonyl (C=O) groups is 1. The van der Waals surface area contributed by atoms with E-state index in [9.17, 15) is 4.79 Å². The third-order valence-corrected chi connectivity index (χ3v) is 4.03. The molecule has 4 nitrogen and oxygen atoms in total. The highest BCUT2D eigenvalue weighted by Crippen LogP contribution is 2.29. The minimum absolute atomic E-state index is 0.255. The van der Waals surface area contributed by atoms with E-state index in [2.05, 4.69) is 21.2 Å². The van der Waals surface area contributed by atoms with Crippen LogP contribution in [0.2, 0.25) is 0 Å². The summed E-state index contributed by atoms with van der Waals surface area (Å²) in [5.74, 6) is 0.550. The third kappa shape index (κ3) is 2.72. The molecular weight excluding hydrogens is 346 g/mol. The van der Waals surface area contributed by atoms with Crippen LogP contribution in [0.15, 0.2) is 51.4 Å². The molecule has 1 N–H and O–H groups in total. The maximum absolute atomic E-state index is 12.4. The normalized spacial score (nSPS) is 10.7. The van der Waals surface area contributed by atoms with Crippen LogP contribution in [0.1, 0.15) is 16.1 Å². The van der Waals surface area contributed by atoms with Gasteiger partial charge in [-0.1, -0.05) is 28.1 Å². The zero-order valence-corrected chi connectivity index (χ0v) is 13.7. The lowest BCUT2D eigenvalue weighted by Gasteiger charge is -2.09. The van der Waals surface area contributed by atoms with Crippen LogP contribution >= 0.6 is 15.9 Å². The second-order valence-corrected chi connectivity index (χ2v) is 5.77. The number of aryl methyl sites for hydroxylation is 1. The van der Waals surface area contributed by atoms with Crippen molar-refractivity contribution in [2.24, 2.45) is 0 Å². The largest absolute Gasteiger partial charge is 0.495 e. The molecule has 1 aromatic heterocycles. The highest BCUT2D eigenvalue weighted by molar-refractivity contribution is 9.10. The summed E-state index contributed by atoms with van der Waals surface area (Å²) < 4.78 is 11.8. The number of hydrogen-bond acceptors (Lipinski definition) is 3. The average Bonchev–Trinajstić information content (AvgIpc) is 2.93. The van der Waals surface area contributed by atoms with Crippen molar-refractivity contribution in [1.82, 2.24) is 0 Å². The van der Waals surface area contributed by atoms with Crippen LogP contribution in [0.5, 0.6) is 5.75 Å². The zero-order valence-electron chi connectivity index (χ0n) is 12.1. The van der Waals surface area contributed by atoms with E-state index in [1.165, 1.54) is 0 Å². The molecule has 1 amide bonds. The van der Waals surface area contributed by atoms with E-state index in [1.807, 2.05) is 43.3 Å². The van der Waals surface area contributed by atoms with Gasteiger partial charge in [-0.15, -0.1) is 0 Å². The van der Waals surface area contributed by atoms with E-state index >= 15 is 0 Å². The summed E-state index contributed by atoms with van der Waals surface area (Å²) in [6.45, 7) is 1.95. The summed E-state index contributed by atoms with van der Waals surface area (Å²) in [5.41, 5.74) is 2.31. The molecule has 1 heterocycles. The van der Waals surface area contributed by atoms with Gasteiger partial charge in [0.05, 0.1) is 12.8 Å². The maximum atomic E-state index is 12.4. The molecule has 0 aliphatic heterocycles. The van der Waals surface area contributed by atoms with Gasteiger partial charge in [0.25, 0.3) is 5.91 Å². The number of rotatable bonds is 3. The number of furan rings is 1. The van der Waals surface area contributed by atoms with Crippen molar-refractivity contribution in [3.05, 3.63) is 58.3 Å². The predicted octanol–water partition coefficient (Wildman–Crippen LogP) is 4.76. The summed E-state index contributed by atoms with van der Waals surface area (Å²) in [7, 11) is 1.57. The fourth-order valence-corrected chi connectivity index (χ4v) is 2.70. The summed E-state index contributed by atoms with van der Waals surface area (Å²) in [6.07, 6.45) is 0. The number of carbonyl (C=O) groups excluding carboxylic acids is 1. The highest BCUT2D eigenvalue weighted by atomic mass is 79.9. The van der Waals surface area contributed by atoms with E-state index in [1.54, 1.807) is 13.2 Å². The van der Waals surface area contributed by atoms with Crippen molar-refractivity contribution in [1.29, 1.82) is 0 Å². The first-order valence-corrected chi connectivity index (χ1v) is 7.52. The lowest BCUT2D eigenvalue weighted by atomic mass is 10.2. The Balaban J connectivity index is 1.93. The first-order valence-electron chi connectivity index (χ1n) is 6.72. The molecule has 5 heteroatoms. The van der Waals surface area contributed by atoms with Gasteiger partial charge in [0, 0.05) is 9.86 Å². The Kier molecular flexibility index (Phi) is 3.90. The smallest absolute Gasteiger partial charge is 0.291 e. The van der Waals surface area contributed by atoms with Crippen molar-refractivity contribution in [2.45, 2.75) is 6.92 Å². The fraction of sp³-hybridized carbons (Fsp3) is 0.118. The molecule has 0 aliphatic rings. The molecule has 0 fully saturated rings. The Bertz CT molecular complexity index is 854. The quantitative estimate of drug-likeness (QED) is 0.732. The standard InChI is InChI=1S/C17H14BrNO3/c1-10-6-7-15(21-2)13(8-10)19-17(20)16-9-11-12(18)4-3-5-14(11)22-16/h3-9H,1-2H3,(H,19,20). The van der Waals surface area contributed by atoms with Gasteiger partial charge >= 0.3 is 0 Å². The lowest BCUT2D eigenvalue weighted by Crippen LogP contribution is -2.11. The lowest BCUT2D eigenvalue weighted by molar-refractivity contribution is 0.0998. The second kappa shape index (κ2) is 5.85. The summed E-state index contributed by atoms with van der Waals surface area (Å²) in [6, 6.07) is 12.9. The average molecular weight is 360 g/mol. The molecule has 0 unspecified atom stereocenters. The van der Waals surface area contributed by atoms with Crippen molar-refractivity contribution in [2.75, 3.05) is 12.4 Å². The maximum Gasteiger partial charge on any atom is 0.291 e. The number of fused-ring (bicyclic) bond motifs is 1. The molecular formula is C17H14BrNO3. The van der Waals surface area contributed by atoms with Gasteiger partial charge in [-0.2, -0.15) is 0 Å². The predicted molar refractivity (Wildman–Crippen MR) is 89.6 cm³/mol. The van der Waals surface area contributed by atoms with Crippen molar-refractivity contribution >= 4 is 38.5 Å². The van der Waals surface area contributed by atoms with Crippen LogP contribution in [-0.2, 0) is 0 Å². The summed E-state index contributed by atoms with van der Waals surface area (Å²) in [5, 5.41) is 3.69. The Morgan fingerprint density at radius 1 is 1.23 bits per heavy atom. The number of nitrogens with one attached hydrogen (secondary N) is 1. The molecule has 3 aromatic rings. The van der Waals surface area contributed by atoms with Crippen LogP contribution in [0, 0.1) is 6.92 Å². The van der Waals surface area contributed by atoms with Gasteiger partial charge in [-0.05, 0) is 42.8 Å². The van der Waals surface area contributed by atoms with E-state index in [-0.39, 0.29) is 11.7 Å². The number of hydrogen-bond donors (Lipinski definition) is 1. The van der Waals surface area contributed by atoms with E-state index in [4.69, 9.17) is 9.15 Å². The fourth-order valence-electron chi connectivity index (χ4n) is 2.24. The summed E-state index contributed by atoms with van der Waals surface area (Å²) >= 11 is 3.45. The van der Waals surface area contributed by atoms with Gasteiger partial charge in [-0.3, -0.25) is 4.79 Å². The van der Waals surface area contributed by atoms with Gasteiger partial charge in [0.15, 0.2) is 5.76 Å². The number of benzene rings is 2. The number of anilines is 1. The monoisotopic (exact) mass is 359 g/mol. The van der Waals surface area contributed by atoms with Gasteiger partial charge < -0.3 is 14.5 Å². The molecule has 0 spiro atoms. The first kappa shape index (κ1) is 14.7. The van der Waals surface area contributed by atoms with Crippen LogP contribution in [0.25, 0.3) is 11.0 Å². The Morgan fingerprint density at radius 2 is 2.05 bits per heavy atom. The van der Waals surface area contributed by atoms with E-state index < -0.39 is 0 Å². The zero-order chi connectivity index (χ0) is 15.7. The molecule has 0 radical (unpaired) electrons. The molecule has 22 heavy (non-hydrogen) atoms. The number of amides is 1. The van der Waals surface area contributed by atoms with Crippen molar-refractivity contribution in [3.63, 3.8) is 0 Å². The molecule has 0 saturated carbocycles. The SMILES string of the molecule is COc1ccc(C)cc1NC(=O)c1cc2c(Br)cccc2o1. The molecule has 0 atom stereocenters. The van der Waals surface area contributed by atoms with Crippen LogP contribution in [-0.4, -0.2) is 13.0 Å². The Labute approximate surface area is 136 Å². The van der Waals surface area contributed by atoms with Crippen LogP contribution in [0.3, 0.4) is 0 Å². The summed E-state index contributed by atoms with van der Waals surface area (Å²) in [4.78, 5) is 12.4. The van der Waals surface area contributed by atoms with E-state index in [0.29, 0.717) is 17.0 Å². The van der Waals surface area contributed by atoms with Gasteiger partial charge in [0.1, 0.15) is 11.3 Å². The Morgan fingerprint density at radius 3 is 2.77 bits per heavy atom. The van der Waals surface area contributed by atoms with Gasteiger partial charge in [-0.25, -0.2) is 0 Å². The minimum atomic E-state index is -0.313. The molecule has 0 saturated heterocycles. The van der Waals surface area contributed by atoms with E-state index in [0.717, 1.165) is 15.4 Å². The molecule has 112 valence electrons. The molecule has 0 bridgehead atoms. The second-order valence-electron chi connectivity index (χ2n) is 4.92. The van der Waals surface area contributed by atoms with Gasteiger partial charge in [0.2, 0.25) is 0 Å².